The van der Waals surface area contributed by atoms with Crippen molar-refractivity contribution in [3.8, 4) is 0 Å². The summed E-state index contributed by atoms with van der Waals surface area (Å²) in [7, 11) is 1.75. The molecule has 0 rings (SSSR count). The number of rotatable bonds is 8. The first-order valence-electron chi connectivity index (χ1n) is 5.41. The number of hydrogen-bond donors (Lipinski definition) is 2. The van der Waals surface area contributed by atoms with Crippen LogP contribution in [0.25, 0.3) is 0 Å². The number of hydrogen-bond acceptors (Lipinski definition) is 3. The molecule has 1 unspecified atom stereocenters. The van der Waals surface area contributed by atoms with Gasteiger partial charge in [0.1, 0.15) is 0 Å². The van der Waals surface area contributed by atoms with Gasteiger partial charge in [-0.05, 0) is 30.8 Å². The minimum absolute atomic E-state index is 0.310. The van der Waals surface area contributed by atoms with E-state index in [1.54, 1.807) is 7.11 Å². The van der Waals surface area contributed by atoms with Crippen LogP contribution in [0.2, 0.25) is 0 Å². The van der Waals surface area contributed by atoms with E-state index in [2.05, 4.69) is 26.1 Å². The van der Waals surface area contributed by atoms with Crippen LogP contribution in [-0.2, 0) is 4.74 Å². The van der Waals surface area contributed by atoms with Crippen LogP contribution in [0.5, 0.6) is 0 Å². The average molecular weight is 202 g/mol. The van der Waals surface area contributed by atoms with Gasteiger partial charge in [-0.3, -0.25) is 0 Å². The summed E-state index contributed by atoms with van der Waals surface area (Å²) in [5.41, 5.74) is 5.85. The third kappa shape index (κ3) is 7.30. The molecule has 0 aliphatic heterocycles. The monoisotopic (exact) mass is 202 g/mol. The van der Waals surface area contributed by atoms with Crippen molar-refractivity contribution in [3.05, 3.63) is 0 Å². The lowest BCUT2D eigenvalue weighted by atomic mass is 9.89. The molecule has 14 heavy (non-hydrogen) atoms. The highest BCUT2D eigenvalue weighted by Crippen LogP contribution is 2.18. The van der Waals surface area contributed by atoms with Crippen molar-refractivity contribution < 1.29 is 4.74 Å². The fraction of sp³-hybridized carbons (Fsp3) is 1.00. The minimum atomic E-state index is 0.310. The van der Waals surface area contributed by atoms with Crippen molar-refractivity contribution in [1.29, 1.82) is 0 Å². The standard InChI is InChI=1S/C11H26N2O/c1-10(7-12)8-13-9-11(2,3)5-6-14-4/h10,13H,5-9,12H2,1-4H3. The lowest BCUT2D eigenvalue weighted by Gasteiger charge is -2.25. The van der Waals surface area contributed by atoms with E-state index in [9.17, 15) is 0 Å². The van der Waals surface area contributed by atoms with Gasteiger partial charge in [-0.15, -0.1) is 0 Å². The van der Waals surface area contributed by atoms with Crippen LogP contribution >= 0.6 is 0 Å². The van der Waals surface area contributed by atoms with Gasteiger partial charge < -0.3 is 15.8 Å². The summed E-state index contributed by atoms with van der Waals surface area (Å²) in [6.45, 7) is 10.3. The number of nitrogens with one attached hydrogen (secondary N) is 1. The third-order valence-corrected chi connectivity index (χ3v) is 2.48. The Bertz CT molecular complexity index is 137. The zero-order chi connectivity index (χ0) is 11.0. The average Bonchev–Trinajstić information content (AvgIpc) is 2.14. The van der Waals surface area contributed by atoms with Crippen molar-refractivity contribution >= 4 is 0 Å². The molecule has 0 spiro atoms. The molecule has 0 aromatic rings. The van der Waals surface area contributed by atoms with Crippen molar-refractivity contribution in [2.24, 2.45) is 17.1 Å². The molecule has 0 amide bonds. The van der Waals surface area contributed by atoms with Crippen LogP contribution in [0.4, 0.5) is 0 Å². The lowest BCUT2D eigenvalue weighted by Crippen LogP contribution is -2.34. The zero-order valence-electron chi connectivity index (χ0n) is 10.1. The predicted octanol–water partition coefficient (Wildman–Crippen LogP) is 1.23. The molecule has 0 aromatic heterocycles. The quantitative estimate of drug-likeness (QED) is 0.622. The third-order valence-electron chi connectivity index (χ3n) is 2.48. The normalized spacial score (nSPS) is 14.4. The van der Waals surface area contributed by atoms with Crippen LogP contribution in [-0.4, -0.2) is 33.4 Å². The van der Waals surface area contributed by atoms with Crippen LogP contribution in [0.3, 0.4) is 0 Å². The Morgan fingerprint density at radius 2 is 2.07 bits per heavy atom. The molecule has 0 heterocycles. The second-order valence-electron chi connectivity index (χ2n) is 4.88. The Hall–Kier alpha value is -0.120. The molecule has 3 heteroatoms. The second kappa shape index (κ2) is 7.21. The maximum absolute atomic E-state index is 5.54. The Kier molecular flexibility index (Phi) is 7.15. The van der Waals surface area contributed by atoms with Gasteiger partial charge in [-0.25, -0.2) is 0 Å². The van der Waals surface area contributed by atoms with Crippen LogP contribution in [0.1, 0.15) is 27.2 Å². The molecular formula is C11H26N2O. The van der Waals surface area contributed by atoms with Crippen molar-refractivity contribution in [2.75, 3.05) is 33.4 Å². The van der Waals surface area contributed by atoms with E-state index in [1.807, 2.05) is 0 Å². The molecule has 0 fully saturated rings. The minimum Gasteiger partial charge on any atom is -0.385 e. The predicted molar refractivity (Wildman–Crippen MR) is 61.4 cm³/mol. The highest BCUT2D eigenvalue weighted by atomic mass is 16.5. The first kappa shape index (κ1) is 13.9. The van der Waals surface area contributed by atoms with E-state index < -0.39 is 0 Å². The molecule has 86 valence electrons. The van der Waals surface area contributed by atoms with E-state index in [0.717, 1.165) is 32.7 Å². The largest absolute Gasteiger partial charge is 0.385 e. The maximum Gasteiger partial charge on any atom is 0.0467 e. The zero-order valence-corrected chi connectivity index (χ0v) is 10.1. The van der Waals surface area contributed by atoms with Gasteiger partial charge >= 0.3 is 0 Å². The topological polar surface area (TPSA) is 47.3 Å². The summed E-state index contributed by atoms with van der Waals surface area (Å²) in [5, 5.41) is 3.45. The number of ether oxygens (including phenoxy) is 1. The molecule has 0 aliphatic rings. The van der Waals surface area contributed by atoms with Crippen LogP contribution in [0, 0.1) is 11.3 Å². The Morgan fingerprint density at radius 1 is 1.43 bits per heavy atom. The second-order valence-corrected chi connectivity index (χ2v) is 4.88. The highest BCUT2D eigenvalue weighted by Gasteiger charge is 2.16. The maximum atomic E-state index is 5.54. The van der Waals surface area contributed by atoms with E-state index in [0.29, 0.717) is 11.3 Å². The van der Waals surface area contributed by atoms with Crippen molar-refractivity contribution in [3.63, 3.8) is 0 Å². The number of nitrogens with two attached hydrogens (primary N) is 1. The summed E-state index contributed by atoms with van der Waals surface area (Å²) >= 11 is 0. The van der Waals surface area contributed by atoms with E-state index >= 15 is 0 Å². The molecule has 0 saturated heterocycles. The molecule has 1 atom stereocenters. The molecule has 0 radical (unpaired) electrons. The van der Waals surface area contributed by atoms with Gasteiger partial charge in [-0.1, -0.05) is 20.8 Å². The van der Waals surface area contributed by atoms with Crippen molar-refractivity contribution in [1.82, 2.24) is 5.32 Å². The van der Waals surface area contributed by atoms with Gasteiger partial charge in [0.15, 0.2) is 0 Å². The first-order valence-corrected chi connectivity index (χ1v) is 5.41. The summed E-state index contributed by atoms with van der Waals surface area (Å²) in [6, 6.07) is 0. The SMILES string of the molecule is COCCC(C)(C)CNCC(C)CN. The Labute approximate surface area is 88.4 Å². The van der Waals surface area contributed by atoms with E-state index in [4.69, 9.17) is 10.5 Å². The summed E-state index contributed by atoms with van der Waals surface area (Å²) < 4.78 is 5.08. The van der Waals surface area contributed by atoms with Crippen LogP contribution < -0.4 is 11.1 Å². The van der Waals surface area contributed by atoms with Gasteiger partial charge in [0.05, 0.1) is 0 Å². The smallest absolute Gasteiger partial charge is 0.0467 e. The highest BCUT2D eigenvalue weighted by molar-refractivity contribution is 4.72. The molecule has 3 nitrogen and oxygen atoms in total. The molecule has 0 aliphatic carbocycles. The summed E-state index contributed by atoms with van der Waals surface area (Å²) in [4.78, 5) is 0. The Morgan fingerprint density at radius 3 is 2.57 bits per heavy atom. The van der Waals surface area contributed by atoms with E-state index in [1.165, 1.54) is 0 Å². The summed E-state index contributed by atoms with van der Waals surface area (Å²) in [6.07, 6.45) is 1.09. The molecule has 0 bridgehead atoms. The first-order chi connectivity index (χ1) is 6.52. The fourth-order valence-electron chi connectivity index (χ4n) is 1.21. The lowest BCUT2D eigenvalue weighted by molar-refractivity contribution is 0.150. The van der Waals surface area contributed by atoms with Gasteiger partial charge in [0, 0.05) is 20.3 Å². The molecule has 0 saturated carbocycles. The molecule has 0 aromatic carbocycles. The van der Waals surface area contributed by atoms with Gasteiger partial charge in [-0.2, -0.15) is 0 Å². The number of methoxy groups -OCH3 is 1. The van der Waals surface area contributed by atoms with Gasteiger partial charge in [0.2, 0.25) is 0 Å². The van der Waals surface area contributed by atoms with Crippen molar-refractivity contribution in [2.45, 2.75) is 27.2 Å². The van der Waals surface area contributed by atoms with E-state index in [-0.39, 0.29) is 0 Å². The molecular weight excluding hydrogens is 176 g/mol. The molecule has 3 N–H and O–H groups in total. The summed E-state index contributed by atoms with van der Waals surface area (Å²) in [5.74, 6) is 0.563. The fourth-order valence-corrected chi connectivity index (χ4v) is 1.21. The van der Waals surface area contributed by atoms with Gasteiger partial charge in [0.25, 0.3) is 0 Å². The Balaban J connectivity index is 3.54. The van der Waals surface area contributed by atoms with Crippen LogP contribution in [0.15, 0.2) is 0 Å².